The minimum absolute atomic E-state index is 0.287. The average Bonchev–Trinajstić information content (AvgIpc) is 2.58. The lowest BCUT2D eigenvalue weighted by Crippen LogP contribution is -2.31. The van der Waals surface area contributed by atoms with Gasteiger partial charge in [-0.2, -0.15) is 0 Å². The standard InChI is InChI=1S/C11H18N2O/c1-7-8(2)12-9(3)13-5-10(6-14)4-11(7)13/h8,10,14H,4-6H2,1-3H3/t8-,10-/m1/s1. The van der Waals surface area contributed by atoms with Gasteiger partial charge in [0, 0.05) is 24.8 Å². The Labute approximate surface area is 85.1 Å². The Bertz CT molecular complexity index is 306. The lowest BCUT2D eigenvalue weighted by Gasteiger charge is -2.28. The van der Waals surface area contributed by atoms with Crippen LogP contribution in [0.3, 0.4) is 0 Å². The summed E-state index contributed by atoms with van der Waals surface area (Å²) >= 11 is 0. The number of aliphatic hydroxyl groups is 1. The van der Waals surface area contributed by atoms with Crippen molar-refractivity contribution in [3.05, 3.63) is 11.3 Å². The Hall–Kier alpha value is -0.830. The van der Waals surface area contributed by atoms with Gasteiger partial charge in [0.1, 0.15) is 5.84 Å². The van der Waals surface area contributed by atoms with Crippen LogP contribution >= 0.6 is 0 Å². The van der Waals surface area contributed by atoms with Crippen molar-refractivity contribution in [3.63, 3.8) is 0 Å². The number of amidine groups is 1. The highest BCUT2D eigenvalue weighted by Gasteiger charge is 2.32. The molecule has 0 aromatic rings. The molecule has 0 radical (unpaired) electrons. The minimum atomic E-state index is 0.287. The summed E-state index contributed by atoms with van der Waals surface area (Å²) in [6.45, 7) is 7.57. The third-order valence-electron chi connectivity index (χ3n) is 3.36. The molecule has 78 valence electrons. The van der Waals surface area contributed by atoms with Crippen LogP contribution in [-0.2, 0) is 0 Å². The zero-order chi connectivity index (χ0) is 10.3. The van der Waals surface area contributed by atoms with Crippen molar-refractivity contribution in [2.24, 2.45) is 10.9 Å². The van der Waals surface area contributed by atoms with E-state index in [1.54, 1.807) is 0 Å². The molecule has 1 N–H and O–H groups in total. The highest BCUT2D eigenvalue weighted by Crippen LogP contribution is 2.33. The number of hydrogen-bond donors (Lipinski definition) is 1. The summed E-state index contributed by atoms with van der Waals surface area (Å²) in [4.78, 5) is 6.84. The molecule has 14 heavy (non-hydrogen) atoms. The molecular formula is C11H18N2O. The Balaban J connectivity index is 2.30. The van der Waals surface area contributed by atoms with E-state index in [1.165, 1.54) is 11.3 Å². The van der Waals surface area contributed by atoms with Gasteiger partial charge in [-0.15, -0.1) is 0 Å². The zero-order valence-electron chi connectivity index (χ0n) is 9.12. The van der Waals surface area contributed by atoms with Gasteiger partial charge < -0.3 is 10.0 Å². The number of nitrogens with zero attached hydrogens (tertiary/aromatic N) is 2. The second kappa shape index (κ2) is 3.39. The largest absolute Gasteiger partial charge is 0.396 e. The first-order valence-electron chi connectivity index (χ1n) is 5.26. The van der Waals surface area contributed by atoms with E-state index in [0.29, 0.717) is 12.0 Å². The highest BCUT2D eigenvalue weighted by atomic mass is 16.3. The molecule has 2 rings (SSSR count). The van der Waals surface area contributed by atoms with Crippen LogP contribution in [0.2, 0.25) is 0 Å². The highest BCUT2D eigenvalue weighted by molar-refractivity contribution is 5.83. The fraction of sp³-hybridized carbons (Fsp3) is 0.727. The first kappa shape index (κ1) is 9.71. The van der Waals surface area contributed by atoms with E-state index in [1.807, 2.05) is 0 Å². The minimum Gasteiger partial charge on any atom is -0.396 e. The fourth-order valence-corrected chi connectivity index (χ4v) is 2.33. The average molecular weight is 194 g/mol. The maximum Gasteiger partial charge on any atom is 0.101 e. The van der Waals surface area contributed by atoms with Crippen molar-refractivity contribution in [1.82, 2.24) is 4.90 Å². The van der Waals surface area contributed by atoms with Crippen LogP contribution in [0.5, 0.6) is 0 Å². The van der Waals surface area contributed by atoms with Crippen molar-refractivity contribution in [2.45, 2.75) is 33.2 Å². The Morgan fingerprint density at radius 2 is 2.21 bits per heavy atom. The Morgan fingerprint density at radius 3 is 2.86 bits per heavy atom. The van der Waals surface area contributed by atoms with Gasteiger partial charge >= 0.3 is 0 Å². The monoisotopic (exact) mass is 194 g/mol. The topological polar surface area (TPSA) is 35.8 Å². The van der Waals surface area contributed by atoms with Gasteiger partial charge in [-0.3, -0.25) is 4.99 Å². The smallest absolute Gasteiger partial charge is 0.101 e. The van der Waals surface area contributed by atoms with Gasteiger partial charge in [0.15, 0.2) is 0 Å². The van der Waals surface area contributed by atoms with Crippen LogP contribution in [-0.4, -0.2) is 35.0 Å². The molecule has 0 aliphatic carbocycles. The van der Waals surface area contributed by atoms with Crippen LogP contribution in [0.4, 0.5) is 0 Å². The summed E-state index contributed by atoms with van der Waals surface area (Å²) in [5.41, 5.74) is 2.76. The van der Waals surface area contributed by atoms with E-state index in [4.69, 9.17) is 5.11 Å². The number of rotatable bonds is 1. The van der Waals surface area contributed by atoms with E-state index in [2.05, 4.69) is 30.7 Å². The summed E-state index contributed by atoms with van der Waals surface area (Å²) in [6, 6.07) is 0.318. The van der Waals surface area contributed by atoms with Crippen LogP contribution in [0, 0.1) is 5.92 Å². The molecule has 1 fully saturated rings. The third kappa shape index (κ3) is 1.36. The lowest BCUT2D eigenvalue weighted by atomic mass is 10.0. The second-order valence-corrected chi connectivity index (χ2v) is 4.35. The molecule has 0 saturated carbocycles. The van der Waals surface area contributed by atoms with E-state index >= 15 is 0 Å². The van der Waals surface area contributed by atoms with Gasteiger partial charge in [0.25, 0.3) is 0 Å². The number of aliphatic hydroxyl groups excluding tert-OH is 1. The Morgan fingerprint density at radius 1 is 1.50 bits per heavy atom. The summed E-state index contributed by atoms with van der Waals surface area (Å²) in [6.07, 6.45) is 1.01. The van der Waals surface area contributed by atoms with Gasteiger partial charge in [-0.1, -0.05) is 0 Å². The predicted molar refractivity (Wildman–Crippen MR) is 57.2 cm³/mol. The van der Waals surface area contributed by atoms with Crippen LogP contribution in [0.25, 0.3) is 0 Å². The quantitative estimate of drug-likeness (QED) is 0.685. The van der Waals surface area contributed by atoms with Crippen molar-refractivity contribution in [3.8, 4) is 0 Å². The number of hydrogen-bond acceptors (Lipinski definition) is 3. The number of aliphatic imine (C=N–C) groups is 1. The second-order valence-electron chi connectivity index (χ2n) is 4.35. The molecule has 0 bridgehead atoms. The maximum absolute atomic E-state index is 9.16. The molecule has 0 unspecified atom stereocenters. The van der Waals surface area contributed by atoms with Gasteiger partial charge in [0.2, 0.25) is 0 Å². The number of fused-ring (bicyclic) bond motifs is 1. The van der Waals surface area contributed by atoms with Crippen molar-refractivity contribution >= 4 is 5.84 Å². The lowest BCUT2D eigenvalue weighted by molar-refractivity contribution is 0.232. The molecule has 0 aromatic carbocycles. The molecule has 2 aliphatic rings. The summed E-state index contributed by atoms with van der Waals surface area (Å²) in [7, 11) is 0. The van der Waals surface area contributed by atoms with Crippen LogP contribution in [0.15, 0.2) is 16.3 Å². The van der Waals surface area contributed by atoms with Gasteiger partial charge in [0.05, 0.1) is 6.04 Å². The zero-order valence-corrected chi connectivity index (χ0v) is 9.12. The molecule has 2 aliphatic heterocycles. The molecule has 1 saturated heterocycles. The summed E-state index contributed by atoms with van der Waals surface area (Å²) in [5, 5.41) is 9.16. The predicted octanol–water partition coefficient (Wildman–Crippen LogP) is 1.40. The SMILES string of the molecule is CC1=N[C@H](C)C(C)=C2C[C@@H](CO)CN12. The summed E-state index contributed by atoms with van der Waals surface area (Å²) in [5.74, 6) is 1.50. The van der Waals surface area contributed by atoms with E-state index < -0.39 is 0 Å². The Kier molecular flexibility index (Phi) is 2.35. The molecule has 2 heterocycles. The molecule has 3 heteroatoms. The van der Waals surface area contributed by atoms with Crippen molar-refractivity contribution in [2.75, 3.05) is 13.2 Å². The molecule has 0 spiro atoms. The molecule has 2 atom stereocenters. The van der Waals surface area contributed by atoms with E-state index in [-0.39, 0.29) is 6.61 Å². The first-order valence-corrected chi connectivity index (χ1v) is 5.26. The van der Waals surface area contributed by atoms with Crippen LogP contribution < -0.4 is 0 Å². The molecular weight excluding hydrogens is 176 g/mol. The first-order chi connectivity index (χ1) is 6.63. The third-order valence-corrected chi connectivity index (χ3v) is 3.36. The van der Waals surface area contributed by atoms with Crippen molar-refractivity contribution < 1.29 is 5.11 Å². The van der Waals surface area contributed by atoms with Gasteiger partial charge in [-0.25, -0.2) is 0 Å². The molecule has 0 amide bonds. The summed E-state index contributed by atoms with van der Waals surface area (Å²) < 4.78 is 0. The van der Waals surface area contributed by atoms with Gasteiger partial charge in [-0.05, 0) is 32.8 Å². The van der Waals surface area contributed by atoms with Crippen molar-refractivity contribution in [1.29, 1.82) is 0 Å². The fourth-order valence-electron chi connectivity index (χ4n) is 2.33. The van der Waals surface area contributed by atoms with E-state index in [9.17, 15) is 0 Å². The van der Waals surface area contributed by atoms with E-state index in [0.717, 1.165) is 18.8 Å². The molecule has 0 aromatic heterocycles. The van der Waals surface area contributed by atoms with Crippen LogP contribution in [0.1, 0.15) is 27.2 Å². The number of allylic oxidation sites excluding steroid dienone is 1. The normalized spacial score (nSPS) is 32.0. The maximum atomic E-state index is 9.16. The molecule has 3 nitrogen and oxygen atoms in total.